The Balaban J connectivity index is 1.86. The molecular formula is C27H23N2O. The first-order chi connectivity index (χ1) is 14.6. The third-order valence-corrected chi connectivity index (χ3v) is 6.12. The van der Waals surface area contributed by atoms with Crippen molar-refractivity contribution in [3.63, 3.8) is 0 Å². The van der Waals surface area contributed by atoms with E-state index in [4.69, 9.17) is 5.73 Å². The van der Waals surface area contributed by atoms with Gasteiger partial charge in [-0.3, -0.25) is 4.79 Å². The van der Waals surface area contributed by atoms with Gasteiger partial charge in [0.1, 0.15) is 0 Å². The molecule has 4 aromatic carbocycles. The Labute approximate surface area is 175 Å². The number of amides is 1. The van der Waals surface area contributed by atoms with Crippen molar-refractivity contribution < 1.29 is 4.79 Å². The SMILES string of the molecule is CCc1c[c]c2c3c(C(N)=O)cccc3n(Cc3c(C)ccc4ccccc34)c2c1. The van der Waals surface area contributed by atoms with Crippen molar-refractivity contribution >= 4 is 38.5 Å². The van der Waals surface area contributed by atoms with Crippen molar-refractivity contribution in [2.45, 2.75) is 26.8 Å². The number of primary amides is 1. The molecular weight excluding hydrogens is 368 g/mol. The van der Waals surface area contributed by atoms with Crippen LogP contribution in [0.15, 0.2) is 66.7 Å². The first kappa shape index (κ1) is 18.4. The number of aromatic nitrogens is 1. The molecule has 0 bridgehead atoms. The number of nitrogens with two attached hydrogens (primary N) is 1. The molecule has 5 aromatic rings. The van der Waals surface area contributed by atoms with E-state index in [0.29, 0.717) is 5.56 Å². The fourth-order valence-electron chi connectivity index (χ4n) is 4.49. The van der Waals surface area contributed by atoms with E-state index in [-0.39, 0.29) is 0 Å². The average molecular weight is 391 g/mol. The van der Waals surface area contributed by atoms with Crippen LogP contribution in [0.5, 0.6) is 0 Å². The molecule has 0 atom stereocenters. The van der Waals surface area contributed by atoms with Crippen molar-refractivity contribution in [2.75, 3.05) is 0 Å². The molecule has 1 aromatic heterocycles. The van der Waals surface area contributed by atoms with Crippen molar-refractivity contribution in [3.8, 4) is 0 Å². The number of nitrogens with zero attached hydrogens (tertiary/aromatic N) is 1. The number of aryl methyl sites for hydroxylation is 2. The zero-order valence-electron chi connectivity index (χ0n) is 17.2. The van der Waals surface area contributed by atoms with Gasteiger partial charge >= 0.3 is 0 Å². The fraction of sp³-hybridized carbons (Fsp3) is 0.148. The van der Waals surface area contributed by atoms with Gasteiger partial charge in [0.15, 0.2) is 0 Å². The Morgan fingerprint density at radius 3 is 2.67 bits per heavy atom. The molecule has 0 aliphatic carbocycles. The maximum atomic E-state index is 12.2. The third-order valence-electron chi connectivity index (χ3n) is 6.12. The van der Waals surface area contributed by atoms with Gasteiger partial charge in [-0.15, -0.1) is 0 Å². The molecule has 3 nitrogen and oxygen atoms in total. The molecule has 0 saturated heterocycles. The molecule has 0 saturated carbocycles. The molecule has 0 unspecified atom stereocenters. The molecule has 30 heavy (non-hydrogen) atoms. The van der Waals surface area contributed by atoms with Gasteiger partial charge in [-0.25, -0.2) is 0 Å². The predicted molar refractivity (Wildman–Crippen MR) is 124 cm³/mol. The lowest BCUT2D eigenvalue weighted by Gasteiger charge is -2.14. The summed E-state index contributed by atoms with van der Waals surface area (Å²) in [7, 11) is 0. The zero-order chi connectivity index (χ0) is 20.8. The van der Waals surface area contributed by atoms with Crippen LogP contribution in [0, 0.1) is 13.0 Å². The van der Waals surface area contributed by atoms with Crippen LogP contribution in [-0.4, -0.2) is 10.5 Å². The molecule has 1 heterocycles. The molecule has 3 heteroatoms. The van der Waals surface area contributed by atoms with E-state index in [2.05, 4.69) is 73.0 Å². The van der Waals surface area contributed by atoms with Gasteiger partial charge in [-0.05, 0) is 65.1 Å². The standard InChI is InChI=1S/C27H23N2O/c1-3-18-12-14-21-25(15-18)29(24-10-6-9-22(26(21)24)27(28)30)16-23-17(2)11-13-19-7-4-5-8-20(19)23/h4-13,15H,3,16H2,1-2H3,(H2,28,30). The first-order valence-corrected chi connectivity index (χ1v) is 10.3. The molecule has 2 N–H and O–H groups in total. The van der Waals surface area contributed by atoms with Crippen LogP contribution < -0.4 is 5.73 Å². The molecule has 147 valence electrons. The van der Waals surface area contributed by atoms with Crippen molar-refractivity contribution in [3.05, 3.63) is 95.1 Å². The summed E-state index contributed by atoms with van der Waals surface area (Å²) in [6, 6.07) is 26.3. The van der Waals surface area contributed by atoms with E-state index < -0.39 is 5.91 Å². The summed E-state index contributed by atoms with van der Waals surface area (Å²) < 4.78 is 2.31. The number of hydrogen-bond donors (Lipinski definition) is 1. The minimum Gasteiger partial charge on any atom is -0.366 e. The van der Waals surface area contributed by atoms with Crippen LogP contribution in [0.4, 0.5) is 0 Å². The van der Waals surface area contributed by atoms with Crippen LogP contribution >= 0.6 is 0 Å². The van der Waals surface area contributed by atoms with Gasteiger partial charge in [0.25, 0.3) is 0 Å². The van der Waals surface area contributed by atoms with Crippen LogP contribution in [0.1, 0.15) is 34.0 Å². The molecule has 0 spiro atoms. The Morgan fingerprint density at radius 1 is 1.03 bits per heavy atom. The second-order valence-corrected chi connectivity index (χ2v) is 7.85. The van der Waals surface area contributed by atoms with Gasteiger partial charge in [0, 0.05) is 22.9 Å². The van der Waals surface area contributed by atoms with Crippen LogP contribution in [0.2, 0.25) is 0 Å². The number of fused-ring (bicyclic) bond motifs is 4. The van der Waals surface area contributed by atoms with Gasteiger partial charge < -0.3 is 10.3 Å². The van der Waals surface area contributed by atoms with E-state index in [0.717, 1.165) is 34.8 Å². The summed E-state index contributed by atoms with van der Waals surface area (Å²) in [5.41, 5.74) is 12.1. The summed E-state index contributed by atoms with van der Waals surface area (Å²) in [6.07, 6.45) is 0.934. The average Bonchev–Trinajstić information content (AvgIpc) is 3.08. The molecule has 5 rings (SSSR count). The highest BCUT2D eigenvalue weighted by atomic mass is 16.1. The summed E-state index contributed by atoms with van der Waals surface area (Å²) in [6.45, 7) is 5.02. The fourth-order valence-corrected chi connectivity index (χ4v) is 4.49. The maximum Gasteiger partial charge on any atom is 0.249 e. The van der Waals surface area contributed by atoms with E-state index in [1.165, 1.54) is 27.5 Å². The number of hydrogen-bond acceptors (Lipinski definition) is 1. The number of carbonyl (C=O) groups excluding carboxylic acids is 1. The molecule has 1 amide bonds. The highest BCUT2D eigenvalue weighted by Gasteiger charge is 2.18. The minimum absolute atomic E-state index is 0.408. The lowest BCUT2D eigenvalue weighted by atomic mass is 9.99. The Bertz CT molecular complexity index is 1440. The third kappa shape index (κ3) is 2.78. The summed E-state index contributed by atoms with van der Waals surface area (Å²) >= 11 is 0. The lowest BCUT2D eigenvalue weighted by Crippen LogP contribution is -2.11. The van der Waals surface area contributed by atoms with Crippen LogP contribution in [-0.2, 0) is 13.0 Å². The van der Waals surface area contributed by atoms with Gasteiger partial charge in [0.05, 0.1) is 11.0 Å². The predicted octanol–water partition coefficient (Wildman–Crippen LogP) is 5.77. The maximum absolute atomic E-state index is 12.2. The van der Waals surface area contributed by atoms with Crippen LogP contribution in [0.25, 0.3) is 32.6 Å². The first-order valence-electron chi connectivity index (χ1n) is 10.3. The molecule has 1 radical (unpaired) electrons. The Kier molecular flexibility index (Phi) is 4.32. The number of benzene rings is 4. The van der Waals surface area contributed by atoms with Gasteiger partial charge in [-0.2, -0.15) is 0 Å². The quantitative estimate of drug-likeness (QED) is 0.416. The van der Waals surface area contributed by atoms with E-state index in [1.54, 1.807) is 6.07 Å². The summed E-state index contributed by atoms with van der Waals surface area (Å²) in [5.74, 6) is -0.408. The molecule has 0 aliphatic heterocycles. The van der Waals surface area contributed by atoms with E-state index in [9.17, 15) is 4.79 Å². The van der Waals surface area contributed by atoms with E-state index >= 15 is 0 Å². The summed E-state index contributed by atoms with van der Waals surface area (Å²) in [4.78, 5) is 12.2. The monoisotopic (exact) mass is 391 g/mol. The van der Waals surface area contributed by atoms with Gasteiger partial charge in [0.2, 0.25) is 5.91 Å². The molecule has 0 fully saturated rings. The van der Waals surface area contributed by atoms with Crippen LogP contribution in [0.3, 0.4) is 0 Å². The largest absolute Gasteiger partial charge is 0.366 e. The lowest BCUT2D eigenvalue weighted by molar-refractivity contribution is 0.100. The van der Waals surface area contributed by atoms with Gasteiger partial charge in [-0.1, -0.05) is 55.5 Å². The number of carbonyl (C=O) groups is 1. The van der Waals surface area contributed by atoms with Crippen molar-refractivity contribution in [2.24, 2.45) is 5.73 Å². The Hall–Kier alpha value is -3.59. The van der Waals surface area contributed by atoms with E-state index in [1.807, 2.05) is 12.1 Å². The van der Waals surface area contributed by atoms with Crippen molar-refractivity contribution in [1.82, 2.24) is 4.57 Å². The summed E-state index contributed by atoms with van der Waals surface area (Å²) in [5, 5.41) is 4.33. The second-order valence-electron chi connectivity index (χ2n) is 7.85. The van der Waals surface area contributed by atoms with Crippen molar-refractivity contribution in [1.29, 1.82) is 0 Å². The zero-order valence-corrected chi connectivity index (χ0v) is 17.2. The molecule has 0 aliphatic rings. The highest BCUT2D eigenvalue weighted by molar-refractivity contribution is 6.17. The highest BCUT2D eigenvalue weighted by Crippen LogP contribution is 2.34. The number of rotatable bonds is 4. The Morgan fingerprint density at radius 2 is 1.87 bits per heavy atom. The minimum atomic E-state index is -0.408. The normalized spacial score (nSPS) is 11.5. The smallest absolute Gasteiger partial charge is 0.249 e. The topological polar surface area (TPSA) is 48.0 Å². The second kappa shape index (κ2) is 7.03.